The van der Waals surface area contributed by atoms with Crippen molar-refractivity contribution in [3.05, 3.63) is 29.3 Å². The van der Waals surface area contributed by atoms with Gasteiger partial charge in [-0.1, -0.05) is 31.5 Å². The van der Waals surface area contributed by atoms with E-state index in [2.05, 4.69) is 35.3 Å². The number of rotatable bonds is 0. The molecule has 0 radical (unpaired) electrons. The van der Waals surface area contributed by atoms with Crippen LogP contribution in [0, 0.1) is 5.92 Å². The monoisotopic (exact) mass is 242 g/mol. The van der Waals surface area contributed by atoms with Crippen LogP contribution in [0.5, 0.6) is 0 Å². The Morgan fingerprint density at radius 3 is 3.28 bits per heavy atom. The van der Waals surface area contributed by atoms with Crippen molar-refractivity contribution >= 4 is 5.69 Å². The SMILES string of the molecule is C[C@@]12CCC[C@@H]1CN1CCNCc3cccc2c31. The van der Waals surface area contributed by atoms with Gasteiger partial charge in [0.15, 0.2) is 0 Å². The van der Waals surface area contributed by atoms with Crippen LogP contribution in [0.2, 0.25) is 0 Å². The molecule has 3 aliphatic rings. The van der Waals surface area contributed by atoms with E-state index >= 15 is 0 Å². The van der Waals surface area contributed by atoms with E-state index in [1.165, 1.54) is 37.9 Å². The maximum atomic E-state index is 3.56. The molecule has 0 spiro atoms. The Balaban J connectivity index is 1.93. The van der Waals surface area contributed by atoms with Gasteiger partial charge in [-0.2, -0.15) is 0 Å². The summed E-state index contributed by atoms with van der Waals surface area (Å²) in [6, 6.07) is 6.97. The zero-order chi connectivity index (χ0) is 12.2. The fraction of sp³-hybridized carbons (Fsp3) is 0.625. The first kappa shape index (κ1) is 10.9. The lowest BCUT2D eigenvalue weighted by atomic mass is 9.70. The van der Waals surface area contributed by atoms with Crippen molar-refractivity contribution in [3.8, 4) is 0 Å². The number of hydrogen-bond acceptors (Lipinski definition) is 2. The van der Waals surface area contributed by atoms with Crippen molar-refractivity contribution in [2.75, 3.05) is 24.5 Å². The standard InChI is InChI=1S/C16H22N2/c1-16-7-3-5-13(16)11-18-9-8-17-10-12-4-2-6-14(16)15(12)18/h2,4,6,13,17H,3,5,7-11H2,1H3/t13-,16-/m1/s1. The summed E-state index contributed by atoms with van der Waals surface area (Å²) in [6.07, 6.45) is 4.22. The van der Waals surface area contributed by atoms with Gasteiger partial charge in [-0.15, -0.1) is 0 Å². The van der Waals surface area contributed by atoms with Gasteiger partial charge in [-0.25, -0.2) is 0 Å². The fourth-order valence-corrected chi connectivity index (χ4v) is 4.45. The minimum absolute atomic E-state index is 0.451. The second-order valence-electron chi connectivity index (χ2n) is 6.44. The Morgan fingerprint density at radius 1 is 1.39 bits per heavy atom. The highest BCUT2D eigenvalue weighted by Gasteiger charge is 2.46. The van der Waals surface area contributed by atoms with E-state index in [1.807, 2.05) is 0 Å². The van der Waals surface area contributed by atoms with Gasteiger partial charge in [0.25, 0.3) is 0 Å². The number of benzene rings is 1. The van der Waals surface area contributed by atoms with E-state index in [9.17, 15) is 0 Å². The van der Waals surface area contributed by atoms with E-state index in [4.69, 9.17) is 0 Å². The molecule has 0 bridgehead atoms. The second kappa shape index (κ2) is 3.74. The molecule has 0 aromatic heterocycles. The minimum atomic E-state index is 0.451. The molecule has 1 aromatic carbocycles. The van der Waals surface area contributed by atoms with Crippen molar-refractivity contribution in [1.82, 2.24) is 5.32 Å². The topological polar surface area (TPSA) is 15.3 Å². The van der Waals surface area contributed by atoms with Crippen molar-refractivity contribution in [2.24, 2.45) is 5.92 Å². The lowest BCUT2D eigenvalue weighted by molar-refractivity contribution is 0.327. The molecule has 1 aliphatic carbocycles. The molecule has 1 aromatic rings. The van der Waals surface area contributed by atoms with Crippen LogP contribution >= 0.6 is 0 Å². The number of para-hydroxylation sites is 1. The van der Waals surface area contributed by atoms with Crippen LogP contribution in [0.15, 0.2) is 18.2 Å². The summed E-state index contributed by atoms with van der Waals surface area (Å²) in [6.45, 7) is 7.13. The molecule has 2 atom stereocenters. The van der Waals surface area contributed by atoms with E-state index in [0.717, 1.165) is 19.0 Å². The summed E-state index contributed by atoms with van der Waals surface area (Å²) in [5, 5.41) is 3.56. The van der Waals surface area contributed by atoms with Crippen LogP contribution in [0.3, 0.4) is 0 Å². The summed E-state index contributed by atoms with van der Waals surface area (Å²) in [5.41, 5.74) is 5.17. The summed E-state index contributed by atoms with van der Waals surface area (Å²) in [5.74, 6) is 0.873. The highest BCUT2D eigenvalue weighted by molar-refractivity contribution is 5.65. The van der Waals surface area contributed by atoms with Crippen LogP contribution in [0.4, 0.5) is 5.69 Å². The van der Waals surface area contributed by atoms with Crippen LogP contribution in [-0.4, -0.2) is 19.6 Å². The molecule has 0 saturated heterocycles. The summed E-state index contributed by atoms with van der Waals surface area (Å²) >= 11 is 0. The largest absolute Gasteiger partial charge is 0.369 e. The quantitative estimate of drug-likeness (QED) is 0.752. The maximum absolute atomic E-state index is 3.56. The Morgan fingerprint density at radius 2 is 2.33 bits per heavy atom. The molecule has 0 unspecified atom stereocenters. The molecular formula is C16H22N2. The van der Waals surface area contributed by atoms with Gasteiger partial charge in [0.2, 0.25) is 0 Å². The lowest BCUT2D eigenvalue weighted by Crippen LogP contribution is -2.45. The molecule has 18 heavy (non-hydrogen) atoms. The highest BCUT2D eigenvalue weighted by Crippen LogP contribution is 2.53. The summed E-state index contributed by atoms with van der Waals surface area (Å²) < 4.78 is 0. The number of nitrogens with one attached hydrogen (secondary N) is 1. The molecular weight excluding hydrogens is 220 g/mol. The first-order chi connectivity index (χ1) is 8.79. The minimum Gasteiger partial charge on any atom is -0.369 e. The maximum Gasteiger partial charge on any atom is 0.0450 e. The lowest BCUT2D eigenvalue weighted by Gasteiger charge is -2.45. The van der Waals surface area contributed by atoms with E-state index in [1.54, 1.807) is 11.3 Å². The zero-order valence-corrected chi connectivity index (χ0v) is 11.2. The fourth-order valence-electron chi connectivity index (χ4n) is 4.45. The summed E-state index contributed by atoms with van der Waals surface area (Å²) in [7, 11) is 0. The molecule has 4 rings (SSSR count). The number of hydrogen-bond donors (Lipinski definition) is 1. The average molecular weight is 242 g/mol. The first-order valence-electron chi connectivity index (χ1n) is 7.37. The first-order valence-corrected chi connectivity index (χ1v) is 7.37. The smallest absolute Gasteiger partial charge is 0.0450 e. The molecule has 0 amide bonds. The van der Waals surface area contributed by atoms with Gasteiger partial charge in [-0.05, 0) is 35.3 Å². The van der Waals surface area contributed by atoms with Gasteiger partial charge in [0.1, 0.15) is 0 Å². The van der Waals surface area contributed by atoms with E-state index in [0.29, 0.717) is 5.41 Å². The predicted molar refractivity (Wildman–Crippen MR) is 75.1 cm³/mol. The van der Waals surface area contributed by atoms with Crippen LogP contribution < -0.4 is 10.2 Å². The van der Waals surface area contributed by atoms with Crippen molar-refractivity contribution < 1.29 is 0 Å². The summed E-state index contributed by atoms with van der Waals surface area (Å²) in [4.78, 5) is 2.66. The van der Waals surface area contributed by atoms with Gasteiger partial charge in [0.05, 0.1) is 0 Å². The van der Waals surface area contributed by atoms with Crippen LogP contribution in [0.25, 0.3) is 0 Å². The zero-order valence-electron chi connectivity index (χ0n) is 11.2. The third-order valence-corrected chi connectivity index (χ3v) is 5.52. The van der Waals surface area contributed by atoms with Crippen LogP contribution in [0.1, 0.15) is 37.3 Å². The van der Waals surface area contributed by atoms with Crippen molar-refractivity contribution in [2.45, 2.75) is 38.1 Å². The third-order valence-electron chi connectivity index (χ3n) is 5.52. The molecule has 2 heterocycles. The number of nitrogens with zero attached hydrogens (tertiary/aromatic N) is 1. The average Bonchev–Trinajstić information content (AvgIpc) is 2.64. The Labute approximate surface area is 109 Å². The molecule has 1 N–H and O–H groups in total. The van der Waals surface area contributed by atoms with Gasteiger partial charge in [-0.3, -0.25) is 0 Å². The van der Waals surface area contributed by atoms with E-state index in [-0.39, 0.29) is 0 Å². The Hall–Kier alpha value is -1.02. The van der Waals surface area contributed by atoms with E-state index < -0.39 is 0 Å². The third kappa shape index (κ3) is 1.33. The van der Waals surface area contributed by atoms with Crippen molar-refractivity contribution in [3.63, 3.8) is 0 Å². The van der Waals surface area contributed by atoms with Crippen molar-refractivity contribution in [1.29, 1.82) is 0 Å². The molecule has 96 valence electrons. The normalized spacial score (nSPS) is 33.8. The van der Waals surface area contributed by atoms with Crippen LogP contribution in [-0.2, 0) is 12.0 Å². The molecule has 2 aliphatic heterocycles. The second-order valence-corrected chi connectivity index (χ2v) is 6.44. The molecule has 2 heteroatoms. The number of fused-ring (bicyclic) bond motifs is 2. The predicted octanol–water partition coefficient (Wildman–Crippen LogP) is 2.67. The molecule has 1 fully saturated rings. The Bertz CT molecular complexity index is 482. The molecule has 1 saturated carbocycles. The van der Waals surface area contributed by atoms with Gasteiger partial charge >= 0.3 is 0 Å². The Kier molecular flexibility index (Phi) is 2.25. The molecule has 2 nitrogen and oxygen atoms in total. The highest BCUT2D eigenvalue weighted by atomic mass is 15.2. The van der Waals surface area contributed by atoms with Gasteiger partial charge < -0.3 is 10.2 Å². The number of anilines is 1. The van der Waals surface area contributed by atoms with Gasteiger partial charge in [0, 0.05) is 31.9 Å².